The second kappa shape index (κ2) is 3.94. The zero-order valence-corrected chi connectivity index (χ0v) is 11.7. The molecule has 2 fully saturated rings. The summed E-state index contributed by atoms with van der Waals surface area (Å²) in [4.78, 5) is 12.3. The van der Waals surface area contributed by atoms with Gasteiger partial charge in [0.15, 0.2) is 0 Å². The molecule has 8 heteroatoms. The fourth-order valence-corrected chi connectivity index (χ4v) is 4.08. The van der Waals surface area contributed by atoms with Crippen molar-refractivity contribution in [3.63, 3.8) is 0 Å². The summed E-state index contributed by atoms with van der Waals surface area (Å²) in [5.41, 5.74) is -7.27. The molecule has 3 atom stereocenters. The van der Waals surface area contributed by atoms with E-state index < -0.39 is 46.4 Å². The van der Waals surface area contributed by atoms with Gasteiger partial charge in [-0.2, -0.15) is 26.3 Å². The molecule has 0 aliphatic heterocycles. The average Bonchev–Trinajstić information content (AvgIpc) is 2.57. The van der Waals surface area contributed by atoms with Gasteiger partial charge in [-0.1, -0.05) is 20.8 Å². The molecule has 1 N–H and O–H groups in total. The van der Waals surface area contributed by atoms with Gasteiger partial charge in [-0.05, 0) is 24.2 Å². The predicted octanol–water partition coefficient (Wildman–Crippen LogP) is 3.48. The van der Waals surface area contributed by atoms with Crippen molar-refractivity contribution in [1.82, 2.24) is 0 Å². The van der Waals surface area contributed by atoms with Crippen molar-refractivity contribution < 1.29 is 36.2 Å². The molecule has 0 aromatic heterocycles. The van der Waals surface area contributed by atoms with E-state index in [1.165, 1.54) is 20.8 Å². The van der Waals surface area contributed by atoms with E-state index in [1.807, 2.05) is 0 Å². The van der Waals surface area contributed by atoms with Crippen LogP contribution in [0.4, 0.5) is 26.3 Å². The van der Waals surface area contributed by atoms with Gasteiger partial charge >= 0.3 is 12.4 Å². The second-order valence-corrected chi connectivity index (χ2v) is 6.80. The highest BCUT2D eigenvalue weighted by Gasteiger charge is 2.82. The Morgan fingerprint density at radius 2 is 1.48 bits per heavy atom. The molecule has 122 valence electrons. The highest BCUT2D eigenvalue weighted by atomic mass is 19.4. The number of fused-ring (bicyclic) bond motifs is 2. The van der Waals surface area contributed by atoms with Crippen molar-refractivity contribution in [1.29, 1.82) is 0 Å². The number of aliphatic hydroxyl groups is 1. The molecule has 2 rings (SSSR count). The fourth-order valence-electron chi connectivity index (χ4n) is 4.08. The standard InChI is InChI=1S/C13H16F6O2/c1-9(2)6-4-5-10(9,3)8(20)7(6)11(21,12(14,15)16)13(17,18)19/h6-7,21H,4-5H2,1-3H3. The average molecular weight is 318 g/mol. The van der Waals surface area contributed by atoms with Crippen LogP contribution < -0.4 is 0 Å². The molecule has 0 spiro atoms. The summed E-state index contributed by atoms with van der Waals surface area (Å²) in [6.45, 7) is 4.38. The third-order valence-electron chi connectivity index (χ3n) is 5.85. The molecular formula is C13H16F6O2. The third-order valence-corrected chi connectivity index (χ3v) is 5.85. The molecule has 21 heavy (non-hydrogen) atoms. The summed E-state index contributed by atoms with van der Waals surface area (Å²) in [6.07, 6.45) is -11.6. The van der Waals surface area contributed by atoms with Crippen molar-refractivity contribution in [3.8, 4) is 0 Å². The van der Waals surface area contributed by atoms with Crippen LogP contribution >= 0.6 is 0 Å². The van der Waals surface area contributed by atoms with Crippen LogP contribution in [-0.4, -0.2) is 28.8 Å². The van der Waals surface area contributed by atoms with Crippen LogP contribution in [-0.2, 0) is 4.79 Å². The first kappa shape index (κ1) is 16.6. The molecule has 0 amide bonds. The Bertz CT molecular complexity index is 464. The molecule has 0 aromatic carbocycles. The zero-order valence-electron chi connectivity index (χ0n) is 11.7. The normalized spacial score (nSPS) is 36.4. The Kier molecular flexibility index (Phi) is 3.11. The summed E-state index contributed by atoms with van der Waals surface area (Å²) in [5, 5.41) is 9.55. The second-order valence-electron chi connectivity index (χ2n) is 6.80. The van der Waals surface area contributed by atoms with Crippen molar-refractivity contribution >= 4 is 5.78 Å². The van der Waals surface area contributed by atoms with Gasteiger partial charge in [0.2, 0.25) is 0 Å². The van der Waals surface area contributed by atoms with E-state index in [0.29, 0.717) is 0 Å². The number of alkyl halides is 6. The molecule has 2 aliphatic rings. The third kappa shape index (κ3) is 1.68. The maximum Gasteiger partial charge on any atom is 0.427 e. The van der Waals surface area contributed by atoms with E-state index >= 15 is 0 Å². The minimum atomic E-state index is -5.96. The highest BCUT2D eigenvalue weighted by Crippen LogP contribution is 2.70. The van der Waals surface area contributed by atoms with E-state index in [0.717, 1.165) is 0 Å². The predicted molar refractivity (Wildman–Crippen MR) is 60.2 cm³/mol. The maximum atomic E-state index is 13.0. The van der Waals surface area contributed by atoms with E-state index in [2.05, 4.69) is 0 Å². The van der Waals surface area contributed by atoms with Gasteiger partial charge < -0.3 is 5.11 Å². The summed E-state index contributed by atoms with van der Waals surface area (Å²) in [6, 6.07) is 0. The van der Waals surface area contributed by atoms with Gasteiger partial charge in [0.1, 0.15) is 5.78 Å². The zero-order chi connectivity index (χ0) is 16.6. The van der Waals surface area contributed by atoms with E-state index in [9.17, 15) is 36.2 Å². The number of carbonyl (C=O) groups is 1. The molecule has 2 aliphatic carbocycles. The number of hydrogen-bond donors (Lipinski definition) is 1. The summed E-state index contributed by atoms with van der Waals surface area (Å²) in [7, 11) is 0. The Morgan fingerprint density at radius 1 is 1.05 bits per heavy atom. The van der Waals surface area contributed by atoms with Crippen LogP contribution in [0.15, 0.2) is 0 Å². The first-order valence-electron chi connectivity index (χ1n) is 6.52. The maximum absolute atomic E-state index is 13.0. The fraction of sp³-hybridized carbons (Fsp3) is 0.923. The van der Waals surface area contributed by atoms with Crippen LogP contribution in [0.1, 0.15) is 33.6 Å². The van der Waals surface area contributed by atoms with Gasteiger partial charge in [-0.15, -0.1) is 0 Å². The molecular weight excluding hydrogens is 302 g/mol. The number of halogens is 6. The monoisotopic (exact) mass is 318 g/mol. The van der Waals surface area contributed by atoms with Gasteiger partial charge in [-0.25, -0.2) is 0 Å². The number of ketones is 1. The molecule has 0 radical (unpaired) electrons. The molecule has 0 saturated heterocycles. The lowest BCUT2D eigenvalue weighted by Gasteiger charge is -2.40. The van der Waals surface area contributed by atoms with E-state index in [4.69, 9.17) is 0 Å². The Morgan fingerprint density at radius 3 is 1.76 bits per heavy atom. The quantitative estimate of drug-likeness (QED) is 0.752. The topological polar surface area (TPSA) is 37.3 Å². The SMILES string of the molecule is CC12CCC(C(C(O)(C(F)(F)F)C(F)(F)F)C1=O)C2(C)C. The van der Waals surface area contributed by atoms with Gasteiger partial charge in [0, 0.05) is 5.41 Å². The van der Waals surface area contributed by atoms with Crippen molar-refractivity contribution in [2.75, 3.05) is 0 Å². The molecule has 2 saturated carbocycles. The first-order valence-corrected chi connectivity index (χ1v) is 6.52. The summed E-state index contributed by atoms with van der Waals surface area (Å²) < 4.78 is 78.0. The Hall–Kier alpha value is -0.790. The summed E-state index contributed by atoms with van der Waals surface area (Å²) >= 11 is 0. The Labute approximate surface area is 117 Å². The molecule has 3 unspecified atom stereocenters. The molecule has 2 nitrogen and oxygen atoms in total. The molecule has 2 bridgehead atoms. The number of Topliss-reactive ketones (excluding diaryl/α,β-unsaturated/α-hetero) is 1. The molecule has 0 heterocycles. The number of hydrogen-bond acceptors (Lipinski definition) is 2. The number of carbonyl (C=O) groups excluding carboxylic acids is 1. The minimum absolute atomic E-state index is 0.0639. The Balaban J connectivity index is 2.63. The summed E-state index contributed by atoms with van der Waals surface area (Å²) in [5.74, 6) is -4.78. The molecule has 0 aromatic rings. The highest BCUT2D eigenvalue weighted by molar-refractivity contribution is 5.92. The lowest BCUT2D eigenvalue weighted by molar-refractivity contribution is -0.384. The van der Waals surface area contributed by atoms with Crippen LogP contribution in [0, 0.1) is 22.7 Å². The lowest BCUT2D eigenvalue weighted by atomic mass is 9.70. The van der Waals surface area contributed by atoms with E-state index in [1.54, 1.807) is 0 Å². The van der Waals surface area contributed by atoms with Crippen molar-refractivity contribution in [2.45, 2.75) is 51.6 Å². The van der Waals surface area contributed by atoms with Gasteiger partial charge in [0.25, 0.3) is 5.60 Å². The smallest absolute Gasteiger partial charge is 0.373 e. The largest absolute Gasteiger partial charge is 0.427 e. The van der Waals surface area contributed by atoms with Crippen LogP contribution in [0.5, 0.6) is 0 Å². The minimum Gasteiger partial charge on any atom is -0.373 e. The van der Waals surface area contributed by atoms with Gasteiger partial charge in [-0.3, -0.25) is 4.79 Å². The first-order chi connectivity index (χ1) is 9.12. The van der Waals surface area contributed by atoms with Crippen LogP contribution in [0.2, 0.25) is 0 Å². The van der Waals surface area contributed by atoms with Crippen molar-refractivity contribution in [3.05, 3.63) is 0 Å². The van der Waals surface area contributed by atoms with Crippen molar-refractivity contribution in [2.24, 2.45) is 22.7 Å². The van der Waals surface area contributed by atoms with Crippen LogP contribution in [0.25, 0.3) is 0 Å². The van der Waals surface area contributed by atoms with E-state index in [-0.39, 0.29) is 12.8 Å². The lowest BCUT2D eigenvalue weighted by Crippen LogP contribution is -2.65. The number of rotatable bonds is 1. The van der Waals surface area contributed by atoms with Gasteiger partial charge in [0.05, 0.1) is 5.92 Å². The van der Waals surface area contributed by atoms with Crippen LogP contribution in [0.3, 0.4) is 0 Å².